The van der Waals surface area contributed by atoms with Crippen LogP contribution < -0.4 is 10.0 Å². The molecule has 0 saturated carbocycles. The molecule has 0 radical (unpaired) electrons. The maximum Gasteiger partial charge on any atom is 0.435 e. The number of halogens is 4. The van der Waals surface area contributed by atoms with Crippen LogP contribution in [0.5, 0.6) is 0 Å². The van der Waals surface area contributed by atoms with Crippen LogP contribution in [-0.4, -0.2) is 51.4 Å². The third kappa shape index (κ3) is 5.53. The zero-order valence-electron chi connectivity index (χ0n) is 21.9. The van der Waals surface area contributed by atoms with Gasteiger partial charge in [0.1, 0.15) is 11.9 Å². The Bertz CT molecular complexity index is 1530. The van der Waals surface area contributed by atoms with Crippen molar-refractivity contribution in [3.8, 4) is 26.7 Å². The molecule has 40 heavy (non-hydrogen) atoms. The molecule has 1 atom stereocenters. The number of hydrogen-bond donors (Lipinski definition) is 0. The highest BCUT2D eigenvalue weighted by Crippen LogP contribution is 2.39. The first-order chi connectivity index (χ1) is 18.8. The Hall–Kier alpha value is -3.57. The van der Waals surface area contributed by atoms with Crippen LogP contribution in [0.2, 0.25) is 5.02 Å². The molecular weight excluding hydrogens is 563 g/mol. The third-order valence-electron chi connectivity index (χ3n) is 6.91. The molecule has 1 unspecified atom stereocenters. The Morgan fingerprint density at radius 3 is 2.40 bits per heavy atom. The molecule has 1 amide bonds. The number of anilines is 1. The molecule has 3 aromatic heterocycles. The predicted octanol–water partition coefficient (Wildman–Crippen LogP) is 6.22. The van der Waals surface area contributed by atoms with E-state index < -0.39 is 18.0 Å². The van der Waals surface area contributed by atoms with Crippen LogP contribution in [0.3, 0.4) is 0 Å². The summed E-state index contributed by atoms with van der Waals surface area (Å²) in [7, 11) is 0. The van der Waals surface area contributed by atoms with Gasteiger partial charge in [-0.15, -0.1) is 11.3 Å². The van der Waals surface area contributed by atoms with E-state index in [0.717, 1.165) is 22.3 Å². The normalized spacial score (nSPS) is 16.4. The second-order valence-electron chi connectivity index (χ2n) is 10.6. The van der Waals surface area contributed by atoms with Crippen molar-refractivity contribution < 1.29 is 23.1 Å². The van der Waals surface area contributed by atoms with Gasteiger partial charge in [0.05, 0.1) is 27.3 Å². The summed E-state index contributed by atoms with van der Waals surface area (Å²) in [5, 5.41) is 15.8. The minimum Gasteiger partial charge on any atom is -0.530 e. The predicted molar refractivity (Wildman–Crippen MR) is 148 cm³/mol. The number of carboxylic acid groups (broad SMARTS) is 1. The first-order valence-electron chi connectivity index (χ1n) is 12.5. The Labute approximate surface area is 238 Å². The van der Waals surface area contributed by atoms with Gasteiger partial charge < -0.3 is 19.7 Å². The van der Waals surface area contributed by atoms with Crippen molar-refractivity contribution in [3.63, 3.8) is 0 Å². The molecule has 1 saturated heterocycles. The standard InChI is InChI=1S/C28H27ClF3N5O2S/c1-27(2,3)24-16-35(12-13-36(24)26(38)39)25-11-8-17(15-33-25)21-9-10-22(40-21)20-14-23(28(30,31)32)34-37(20)19-7-5-4-6-18(19)29/h4-11,14-15,24H,12-13,16H2,1-3H3,(H,38,39)/p-1. The van der Waals surface area contributed by atoms with Gasteiger partial charge in [0.15, 0.2) is 5.69 Å². The molecule has 5 rings (SSSR count). The summed E-state index contributed by atoms with van der Waals surface area (Å²) in [4.78, 5) is 21.1. The van der Waals surface area contributed by atoms with E-state index in [9.17, 15) is 23.1 Å². The summed E-state index contributed by atoms with van der Waals surface area (Å²) in [6.07, 6.45) is -4.07. The van der Waals surface area contributed by atoms with Gasteiger partial charge in [0.25, 0.3) is 0 Å². The number of carbonyl (C=O) groups is 1. The number of piperazine rings is 1. The molecule has 1 aliphatic heterocycles. The molecule has 4 heterocycles. The second-order valence-corrected chi connectivity index (χ2v) is 12.1. The lowest BCUT2D eigenvalue weighted by Crippen LogP contribution is -2.62. The fourth-order valence-electron chi connectivity index (χ4n) is 4.80. The van der Waals surface area contributed by atoms with Crippen LogP contribution in [0.25, 0.3) is 26.7 Å². The van der Waals surface area contributed by atoms with E-state index in [1.165, 1.54) is 20.9 Å². The lowest BCUT2D eigenvalue weighted by molar-refractivity contribution is -0.270. The summed E-state index contributed by atoms with van der Waals surface area (Å²) in [5.74, 6) is 0.722. The average molecular weight is 589 g/mol. The van der Waals surface area contributed by atoms with Crippen LogP contribution in [0, 0.1) is 5.41 Å². The van der Waals surface area contributed by atoms with Gasteiger partial charge in [-0.25, -0.2) is 9.67 Å². The minimum absolute atomic E-state index is 0.253. The monoisotopic (exact) mass is 588 g/mol. The molecule has 210 valence electrons. The Morgan fingerprint density at radius 2 is 1.77 bits per heavy atom. The van der Waals surface area contributed by atoms with Gasteiger partial charge in [0, 0.05) is 36.3 Å². The van der Waals surface area contributed by atoms with E-state index in [1.54, 1.807) is 36.5 Å². The molecule has 1 aliphatic rings. The number of amides is 1. The Kier molecular flexibility index (Phi) is 7.30. The highest BCUT2D eigenvalue weighted by atomic mass is 35.5. The average Bonchev–Trinajstić information content (AvgIpc) is 3.56. The van der Waals surface area contributed by atoms with Crippen LogP contribution in [0.15, 0.2) is 60.8 Å². The minimum atomic E-state index is -4.61. The molecule has 1 aromatic carbocycles. The highest BCUT2D eigenvalue weighted by molar-refractivity contribution is 7.18. The van der Waals surface area contributed by atoms with Crippen molar-refractivity contribution in [1.82, 2.24) is 19.7 Å². The van der Waals surface area contributed by atoms with Crippen LogP contribution in [-0.2, 0) is 6.18 Å². The van der Waals surface area contributed by atoms with Crippen molar-refractivity contribution in [1.29, 1.82) is 0 Å². The largest absolute Gasteiger partial charge is 0.530 e. The maximum atomic E-state index is 13.6. The first-order valence-corrected chi connectivity index (χ1v) is 13.7. The fourth-order valence-corrected chi connectivity index (χ4v) is 6.02. The Morgan fingerprint density at radius 1 is 1.05 bits per heavy atom. The van der Waals surface area contributed by atoms with E-state index in [-0.39, 0.29) is 22.2 Å². The van der Waals surface area contributed by atoms with Crippen LogP contribution >= 0.6 is 22.9 Å². The zero-order valence-corrected chi connectivity index (χ0v) is 23.5. The molecule has 12 heteroatoms. The number of pyridine rings is 1. The molecule has 0 spiro atoms. The molecule has 0 aliphatic carbocycles. The lowest BCUT2D eigenvalue weighted by Gasteiger charge is -2.48. The fraction of sp³-hybridized carbons (Fsp3) is 0.321. The van der Waals surface area contributed by atoms with Gasteiger partial charge >= 0.3 is 6.18 Å². The summed E-state index contributed by atoms with van der Waals surface area (Å²) in [6.45, 7) is 7.29. The van der Waals surface area contributed by atoms with Gasteiger partial charge in [0.2, 0.25) is 0 Å². The second kappa shape index (κ2) is 10.4. The van der Waals surface area contributed by atoms with E-state index in [1.807, 2.05) is 39.0 Å². The molecule has 4 aromatic rings. The number of thiophene rings is 1. The SMILES string of the molecule is CC(C)(C)C1CN(c2ccc(-c3ccc(-c4cc(C(F)(F)F)nn4-c4ccccc4Cl)s3)cn2)CCN1C(=O)[O-]. The van der Waals surface area contributed by atoms with Crippen LogP contribution in [0.1, 0.15) is 26.5 Å². The Balaban J connectivity index is 1.42. The number of aromatic nitrogens is 3. The topological polar surface area (TPSA) is 77.3 Å². The smallest absolute Gasteiger partial charge is 0.435 e. The number of para-hydroxylation sites is 1. The number of rotatable bonds is 4. The van der Waals surface area contributed by atoms with E-state index in [4.69, 9.17) is 11.6 Å². The van der Waals surface area contributed by atoms with E-state index >= 15 is 0 Å². The summed E-state index contributed by atoms with van der Waals surface area (Å²) in [5.41, 5.74) is 0.147. The quantitative estimate of drug-likeness (QED) is 0.283. The maximum absolute atomic E-state index is 13.6. The molecule has 0 bridgehead atoms. The number of nitrogens with zero attached hydrogens (tertiary/aromatic N) is 5. The van der Waals surface area contributed by atoms with Gasteiger partial charge in [-0.3, -0.25) is 0 Å². The number of carbonyl (C=O) groups excluding carboxylic acids is 1. The molecular formula is C28H26ClF3N5O2S-. The van der Waals surface area contributed by atoms with Gasteiger partial charge in [-0.1, -0.05) is 44.5 Å². The first kappa shape index (κ1) is 28.0. The summed E-state index contributed by atoms with van der Waals surface area (Å²) >= 11 is 7.62. The molecule has 7 nitrogen and oxygen atoms in total. The van der Waals surface area contributed by atoms with Crippen molar-refractivity contribution in [3.05, 3.63) is 71.5 Å². The van der Waals surface area contributed by atoms with Crippen molar-refractivity contribution >= 4 is 34.8 Å². The van der Waals surface area contributed by atoms with Crippen molar-refractivity contribution in [2.75, 3.05) is 24.5 Å². The van der Waals surface area contributed by atoms with Gasteiger partial charge in [-0.05, 0) is 47.9 Å². The van der Waals surface area contributed by atoms with E-state index in [2.05, 4.69) is 15.0 Å². The molecule has 1 fully saturated rings. The van der Waals surface area contributed by atoms with Gasteiger partial charge in [-0.2, -0.15) is 18.3 Å². The van der Waals surface area contributed by atoms with E-state index in [0.29, 0.717) is 30.2 Å². The summed E-state index contributed by atoms with van der Waals surface area (Å²) < 4.78 is 41.9. The number of alkyl halides is 3. The molecule has 0 N–H and O–H groups in total. The van der Waals surface area contributed by atoms with Crippen molar-refractivity contribution in [2.45, 2.75) is 33.0 Å². The van der Waals surface area contributed by atoms with Crippen molar-refractivity contribution in [2.24, 2.45) is 5.41 Å². The zero-order chi connectivity index (χ0) is 28.8. The lowest BCUT2D eigenvalue weighted by atomic mass is 9.84. The third-order valence-corrected chi connectivity index (χ3v) is 8.39. The number of benzene rings is 1. The number of hydrogen-bond acceptors (Lipinski definition) is 6. The highest BCUT2D eigenvalue weighted by Gasteiger charge is 2.37. The summed E-state index contributed by atoms with van der Waals surface area (Å²) in [6, 6.07) is 14.8. The van der Waals surface area contributed by atoms with Crippen LogP contribution in [0.4, 0.5) is 23.8 Å².